The first kappa shape index (κ1) is 10.7. The van der Waals surface area contributed by atoms with Crippen LogP contribution < -0.4 is 5.73 Å². The van der Waals surface area contributed by atoms with Crippen LogP contribution in [0, 0.1) is 0 Å². The third-order valence-corrected chi connectivity index (χ3v) is 3.02. The fourth-order valence-electron chi connectivity index (χ4n) is 1.90. The molecule has 1 aliphatic rings. The molecule has 1 aliphatic carbocycles. The zero-order chi connectivity index (χ0) is 10.7. The molecule has 15 heavy (non-hydrogen) atoms. The van der Waals surface area contributed by atoms with Crippen LogP contribution >= 0.6 is 0 Å². The van der Waals surface area contributed by atoms with Gasteiger partial charge in [-0.2, -0.15) is 0 Å². The predicted octanol–water partition coefficient (Wildman–Crippen LogP) is 1.65. The molecule has 0 atom stereocenters. The molecule has 1 fully saturated rings. The van der Waals surface area contributed by atoms with E-state index in [0.717, 1.165) is 38.6 Å². The lowest BCUT2D eigenvalue weighted by Gasteiger charge is -2.09. The molecule has 3 N–H and O–H groups in total. The molecule has 2 rings (SSSR count). The second-order valence-corrected chi connectivity index (χ2v) is 4.61. The van der Waals surface area contributed by atoms with Crippen molar-refractivity contribution in [2.75, 3.05) is 6.54 Å². The van der Waals surface area contributed by atoms with E-state index in [9.17, 15) is 5.11 Å². The summed E-state index contributed by atoms with van der Waals surface area (Å²) >= 11 is 0. The SMILES string of the molecule is NCCCc1cccc(CC2(O)CC2)c1. The van der Waals surface area contributed by atoms with Crippen molar-refractivity contribution in [2.24, 2.45) is 5.73 Å². The Kier molecular flexibility index (Phi) is 3.08. The third-order valence-electron chi connectivity index (χ3n) is 3.02. The molecular weight excluding hydrogens is 186 g/mol. The van der Waals surface area contributed by atoms with Gasteiger partial charge in [0.25, 0.3) is 0 Å². The van der Waals surface area contributed by atoms with Gasteiger partial charge in [-0.3, -0.25) is 0 Å². The lowest BCUT2D eigenvalue weighted by atomic mass is 10.0. The van der Waals surface area contributed by atoms with Gasteiger partial charge in [0.2, 0.25) is 0 Å². The number of nitrogens with two attached hydrogens (primary N) is 1. The Bertz CT molecular complexity index is 331. The zero-order valence-corrected chi connectivity index (χ0v) is 9.08. The van der Waals surface area contributed by atoms with Gasteiger partial charge in [0.1, 0.15) is 0 Å². The summed E-state index contributed by atoms with van der Waals surface area (Å²) in [5.41, 5.74) is 7.69. The standard InChI is InChI=1S/C13H19NO/c14-8-2-5-11-3-1-4-12(9-11)10-13(15)6-7-13/h1,3-4,9,15H,2,5-8,10,14H2. The van der Waals surface area contributed by atoms with E-state index < -0.39 is 0 Å². The van der Waals surface area contributed by atoms with Crippen LogP contribution in [0.15, 0.2) is 24.3 Å². The lowest BCUT2D eigenvalue weighted by molar-refractivity contribution is 0.151. The van der Waals surface area contributed by atoms with Gasteiger partial charge in [-0.1, -0.05) is 24.3 Å². The summed E-state index contributed by atoms with van der Waals surface area (Å²) in [6, 6.07) is 8.51. The van der Waals surface area contributed by atoms with Gasteiger partial charge in [-0.25, -0.2) is 0 Å². The Labute approximate surface area is 91.1 Å². The number of hydrogen-bond acceptors (Lipinski definition) is 2. The molecule has 0 amide bonds. The number of benzene rings is 1. The van der Waals surface area contributed by atoms with Gasteiger partial charge >= 0.3 is 0 Å². The van der Waals surface area contributed by atoms with Crippen molar-refractivity contribution in [3.05, 3.63) is 35.4 Å². The van der Waals surface area contributed by atoms with Gasteiger partial charge in [0.05, 0.1) is 5.60 Å². The molecule has 0 spiro atoms. The minimum absolute atomic E-state index is 0.382. The van der Waals surface area contributed by atoms with Crippen molar-refractivity contribution in [3.8, 4) is 0 Å². The van der Waals surface area contributed by atoms with Crippen molar-refractivity contribution in [3.63, 3.8) is 0 Å². The van der Waals surface area contributed by atoms with Crippen LogP contribution in [0.1, 0.15) is 30.4 Å². The molecule has 1 aromatic rings. The minimum atomic E-state index is -0.382. The van der Waals surface area contributed by atoms with Crippen LogP contribution in [0.5, 0.6) is 0 Å². The Balaban J connectivity index is 1.98. The van der Waals surface area contributed by atoms with Crippen LogP contribution in [0.4, 0.5) is 0 Å². The first-order valence-electron chi connectivity index (χ1n) is 5.72. The largest absolute Gasteiger partial charge is 0.390 e. The molecule has 0 saturated heterocycles. The number of rotatable bonds is 5. The monoisotopic (exact) mass is 205 g/mol. The summed E-state index contributed by atoms with van der Waals surface area (Å²) in [5, 5.41) is 9.83. The Hall–Kier alpha value is -0.860. The van der Waals surface area contributed by atoms with E-state index in [0.29, 0.717) is 0 Å². The highest BCUT2D eigenvalue weighted by Gasteiger charge is 2.39. The summed E-state index contributed by atoms with van der Waals surface area (Å²) in [6.07, 6.45) is 4.81. The average Bonchev–Trinajstić information content (AvgIpc) is 2.93. The normalized spacial score (nSPS) is 17.7. The van der Waals surface area contributed by atoms with E-state index in [1.165, 1.54) is 11.1 Å². The summed E-state index contributed by atoms with van der Waals surface area (Å²) in [5.74, 6) is 0. The van der Waals surface area contributed by atoms with E-state index in [-0.39, 0.29) is 5.60 Å². The van der Waals surface area contributed by atoms with Crippen LogP contribution in [0.25, 0.3) is 0 Å². The Morgan fingerprint density at radius 1 is 1.27 bits per heavy atom. The molecular formula is C13H19NO. The minimum Gasteiger partial charge on any atom is -0.390 e. The topological polar surface area (TPSA) is 46.2 Å². The highest BCUT2D eigenvalue weighted by Crippen LogP contribution is 2.38. The fraction of sp³-hybridized carbons (Fsp3) is 0.538. The van der Waals surface area contributed by atoms with Crippen LogP contribution in [-0.4, -0.2) is 17.3 Å². The quantitative estimate of drug-likeness (QED) is 0.767. The Morgan fingerprint density at radius 2 is 2.00 bits per heavy atom. The third kappa shape index (κ3) is 3.05. The van der Waals surface area contributed by atoms with Crippen LogP contribution in [-0.2, 0) is 12.8 Å². The number of aliphatic hydroxyl groups is 1. The highest BCUT2D eigenvalue weighted by atomic mass is 16.3. The maximum atomic E-state index is 9.83. The highest BCUT2D eigenvalue weighted by molar-refractivity contribution is 5.26. The van der Waals surface area contributed by atoms with Gasteiger partial charge in [-0.15, -0.1) is 0 Å². The molecule has 0 radical (unpaired) electrons. The van der Waals surface area contributed by atoms with Gasteiger partial charge in [0, 0.05) is 6.42 Å². The second-order valence-electron chi connectivity index (χ2n) is 4.61. The van der Waals surface area contributed by atoms with Crippen molar-refractivity contribution in [1.82, 2.24) is 0 Å². The van der Waals surface area contributed by atoms with Crippen molar-refractivity contribution < 1.29 is 5.11 Å². The second kappa shape index (κ2) is 4.33. The van der Waals surface area contributed by atoms with Crippen molar-refractivity contribution >= 4 is 0 Å². The molecule has 1 aromatic carbocycles. The fourth-order valence-corrected chi connectivity index (χ4v) is 1.90. The molecule has 1 saturated carbocycles. The zero-order valence-electron chi connectivity index (χ0n) is 9.08. The van der Waals surface area contributed by atoms with E-state index >= 15 is 0 Å². The van der Waals surface area contributed by atoms with Crippen LogP contribution in [0.2, 0.25) is 0 Å². The van der Waals surface area contributed by atoms with Gasteiger partial charge < -0.3 is 10.8 Å². The van der Waals surface area contributed by atoms with Gasteiger partial charge in [-0.05, 0) is 43.4 Å². The summed E-state index contributed by atoms with van der Waals surface area (Å²) in [7, 11) is 0. The van der Waals surface area contributed by atoms with Crippen molar-refractivity contribution in [2.45, 2.75) is 37.7 Å². The molecule has 2 nitrogen and oxygen atoms in total. The van der Waals surface area contributed by atoms with Gasteiger partial charge in [0.15, 0.2) is 0 Å². The number of hydrogen-bond donors (Lipinski definition) is 2. The lowest BCUT2D eigenvalue weighted by Crippen LogP contribution is -2.10. The summed E-state index contributed by atoms with van der Waals surface area (Å²) in [4.78, 5) is 0. The van der Waals surface area contributed by atoms with Crippen molar-refractivity contribution in [1.29, 1.82) is 0 Å². The molecule has 0 unspecified atom stereocenters. The summed E-state index contributed by atoms with van der Waals surface area (Å²) in [6.45, 7) is 0.744. The molecule has 82 valence electrons. The Morgan fingerprint density at radius 3 is 2.67 bits per heavy atom. The molecule has 0 bridgehead atoms. The first-order chi connectivity index (χ1) is 7.22. The van der Waals surface area contributed by atoms with Crippen LogP contribution in [0.3, 0.4) is 0 Å². The summed E-state index contributed by atoms with van der Waals surface area (Å²) < 4.78 is 0. The average molecular weight is 205 g/mol. The van der Waals surface area contributed by atoms with E-state index in [4.69, 9.17) is 5.73 Å². The molecule has 2 heteroatoms. The van der Waals surface area contributed by atoms with E-state index in [1.54, 1.807) is 0 Å². The molecule has 0 heterocycles. The molecule has 0 aliphatic heterocycles. The number of aryl methyl sites for hydroxylation is 1. The van der Waals surface area contributed by atoms with E-state index in [1.807, 2.05) is 0 Å². The predicted molar refractivity (Wildman–Crippen MR) is 61.7 cm³/mol. The smallest absolute Gasteiger partial charge is 0.0690 e. The maximum absolute atomic E-state index is 9.83. The van der Waals surface area contributed by atoms with E-state index in [2.05, 4.69) is 24.3 Å². The maximum Gasteiger partial charge on any atom is 0.0690 e. The first-order valence-corrected chi connectivity index (χ1v) is 5.72. The molecule has 0 aromatic heterocycles.